The summed E-state index contributed by atoms with van der Waals surface area (Å²) in [6.45, 7) is 0. The first-order chi connectivity index (χ1) is 12.6. The van der Waals surface area contributed by atoms with Gasteiger partial charge in [0.25, 0.3) is 0 Å². The van der Waals surface area contributed by atoms with Gasteiger partial charge in [0.05, 0.1) is 31.3 Å². The van der Waals surface area contributed by atoms with E-state index < -0.39 is 69.8 Å². The summed E-state index contributed by atoms with van der Waals surface area (Å²) < 4.78 is 13.8. The van der Waals surface area contributed by atoms with Crippen LogP contribution in [0, 0.1) is 0 Å². The van der Waals surface area contributed by atoms with Crippen molar-refractivity contribution in [1.82, 2.24) is 0 Å². The summed E-state index contributed by atoms with van der Waals surface area (Å²) in [6, 6.07) is 0.727. The number of phenolic OH excluding ortho intramolecular Hbond substituents is 3. The summed E-state index contributed by atoms with van der Waals surface area (Å²) >= 11 is 0. The van der Waals surface area contributed by atoms with Gasteiger partial charge in [0.2, 0.25) is 11.9 Å². The molecule has 0 unspecified atom stereocenters. The molecule has 0 saturated carbocycles. The first-order valence-electron chi connectivity index (χ1n) is 7.23. The van der Waals surface area contributed by atoms with Gasteiger partial charge in [-0.15, -0.1) is 0 Å². The Morgan fingerprint density at radius 2 is 1.74 bits per heavy atom. The number of carbonyl (C=O) groups excluding carboxylic acids is 3. The number of esters is 3. The van der Waals surface area contributed by atoms with Crippen molar-refractivity contribution in [3.05, 3.63) is 28.8 Å². The van der Waals surface area contributed by atoms with E-state index in [2.05, 4.69) is 9.47 Å². The molecule has 11 heteroatoms. The number of aromatic hydroxyl groups is 3. The van der Waals surface area contributed by atoms with Gasteiger partial charge < -0.3 is 34.6 Å². The number of phenols is 3. The summed E-state index contributed by atoms with van der Waals surface area (Å²) in [5, 5.41) is 39.1. The Morgan fingerprint density at radius 1 is 1.11 bits per heavy atom. The molecule has 27 heavy (non-hydrogen) atoms. The SMILES string of the molecule is COC(=O)C=C(C(=O)O)[C@H]1c2c(cc(O)c(O)c2O)C(=O)O[C@@H]1C(=O)OC. The lowest BCUT2D eigenvalue weighted by atomic mass is 9.80. The molecule has 0 bridgehead atoms. The average Bonchev–Trinajstić information content (AvgIpc) is 2.63. The van der Waals surface area contributed by atoms with E-state index in [4.69, 9.17) is 4.74 Å². The third-order valence-electron chi connectivity index (χ3n) is 3.85. The van der Waals surface area contributed by atoms with Gasteiger partial charge in [-0.1, -0.05) is 0 Å². The largest absolute Gasteiger partial charge is 0.504 e. The van der Waals surface area contributed by atoms with Crippen LogP contribution in [0.15, 0.2) is 17.7 Å². The van der Waals surface area contributed by atoms with E-state index in [9.17, 15) is 39.6 Å². The molecule has 4 N–H and O–H groups in total. The Morgan fingerprint density at radius 3 is 2.26 bits per heavy atom. The Balaban J connectivity index is 2.86. The summed E-state index contributed by atoms with van der Waals surface area (Å²) in [6.07, 6.45) is -1.37. The number of cyclic esters (lactones) is 1. The van der Waals surface area contributed by atoms with Crippen LogP contribution < -0.4 is 0 Å². The minimum atomic E-state index is -1.89. The zero-order valence-corrected chi connectivity index (χ0v) is 14.0. The highest BCUT2D eigenvalue weighted by atomic mass is 16.6. The van der Waals surface area contributed by atoms with Crippen LogP contribution in [0.1, 0.15) is 21.8 Å². The van der Waals surface area contributed by atoms with E-state index in [0.29, 0.717) is 6.08 Å². The van der Waals surface area contributed by atoms with Crippen LogP contribution in [0.5, 0.6) is 17.2 Å². The van der Waals surface area contributed by atoms with E-state index in [-0.39, 0.29) is 0 Å². The number of fused-ring (bicyclic) bond motifs is 1. The van der Waals surface area contributed by atoms with E-state index in [1.165, 1.54) is 0 Å². The van der Waals surface area contributed by atoms with Crippen LogP contribution in [0.3, 0.4) is 0 Å². The lowest BCUT2D eigenvalue weighted by molar-refractivity contribution is -0.152. The summed E-state index contributed by atoms with van der Waals surface area (Å²) in [5.74, 6) is -9.90. The second-order valence-electron chi connectivity index (χ2n) is 5.31. The van der Waals surface area contributed by atoms with Gasteiger partial charge in [-0.2, -0.15) is 0 Å². The quantitative estimate of drug-likeness (QED) is 0.234. The molecule has 1 aliphatic rings. The molecule has 1 heterocycles. The van der Waals surface area contributed by atoms with Crippen molar-refractivity contribution in [3.63, 3.8) is 0 Å². The topological polar surface area (TPSA) is 177 Å². The third-order valence-corrected chi connectivity index (χ3v) is 3.85. The number of hydrogen-bond donors (Lipinski definition) is 4. The maximum absolute atomic E-state index is 12.2. The number of aliphatic carboxylic acids is 1. The van der Waals surface area contributed by atoms with Gasteiger partial charge in [-0.05, 0) is 6.07 Å². The number of carbonyl (C=O) groups is 4. The van der Waals surface area contributed by atoms with Gasteiger partial charge in [-0.25, -0.2) is 19.2 Å². The Kier molecular flexibility index (Phi) is 5.24. The lowest BCUT2D eigenvalue weighted by Crippen LogP contribution is -2.41. The van der Waals surface area contributed by atoms with Crippen molar-refractivity contribution >= 4 is 23.9 Å². The second-order valence-corrected chi connectivity index (χ2v) is 5.31. The van der Waals surface area contributed by atoms with E-state index >= 15 is 0 Å². The van der Waals surface area contributed by atoms with Gasteiger partial charge in [0, 0.05) is 11.6 Å². The molecule has 0 aliphatic carbocycles. The van der Waals surface area contributed by atoms with Crippen LogP contribution >= 0.6 is 0 Å². The van der Waals surface area contributed by atoms with Crippen LogP contribution in [0.4, 0.5) is 0 Å². The molecule has 0 spiro atoms. The van der Waals surface area contributed by atoms with Crippen LogP contribution in [-0.2, 0) is 28.6 Å². The Bertz CT molecular complexity index is 868. The number of hydrogen-bond acceptors (Lipinski definition) is 10. The van der Waals surface area contributed by atoms with Crippen LogP contribution in [0.2, 0.25) is 0 Å². The molecule has 11 nitrogen and oxygen atoms in total. The van der Waals surface area contributed by atoms with Crippen molar-refractivity contribution in [2.24, 2.45) is 0 Å². The summed E-state index contributed by atoms with van der Waals surface area (Å²) in [5.41, 5.74) is -1.83. The molecule has 1 aromatic rings. The molecule has 0 radical (unpaired) electrons. The fourth-order valence-electron chi connectivity index (χ4n) is 2.63. The molecule has 2 atom stereocenters. The minimum Gasteiger partial charge on any atom is -0.504 e. The third kappa shape index (κ3) is 3.34. The molecule has 144 valence electrons. The summed E-state index contributed by atoms with van der Waals surface area (Å²) in [7, 11) is 1.92. The fourth-order valence-corrected chi connectivity index (χ4v) is 2.63. The highest BCUT2D eigenvalue weighted by Crippen LogP contribution is 2.49. The van der Waals surface area contributed by atoms with Crippen molar-refractivity contribution in [2.45, 2.75) is 12.0 Å². The minimum absolute atomic E-state index is 0.509. The normalized spacial score (nSPS) is 18.9. The summed E-state index contributed by atoms with van der Waals surface area (Å²) in [4.78, 5) is 47.5. The molecule has 0 amide bonds. The zero-order chi connectivity index (χ0) is 20.5. The number of carboxylic acid groups (broad SMARTS) is 1. The van der Waals surface area contributed by atoms with E-state index in [1.54, 1.807) is 0 Å². The van der Waals surface area contributed by atoms with Gasteiger partial charge in [-0.3, -0.25) is 0 Å². The average molecular weight is 382 g/mol. The fraction of sp³-hybridized carbons (Fsp3) is 0.250. The Labute approximate surface area is 151 Å². The molecule has 0 fully saturated rings. The van der Waals surface area contributed by atoms with Crippen molar-refractivity contribution in [2.75, 3.05) is 14.2 Å². The molecule has 0 saturated heterocycles. The smallest absolute Gasteiger partial charge is 0.348 e. The second kappa shape index (κ2) is 7.23. The number of carboxylic acids is 1. The first kappa shape index (κ1) is 19.6. The zero-order valence-electron chi connectivity index (χ0n) is 14.0. The Hall–Kier alpha value is -3.76. The predicted molar refractivity (Wildman–Crippen MR) is 83.1 cm³/mol. The van der Waals surface area contributed by atoms with Crippen molar-refractivity contribution in [1.29, 1.82) is 0 Å². The predicted octanol–water partition coefficient (Wildman–Crippen LogP) is -0.217. The van der Waals surface area contributed by atoms with Crippen LogP contribution in [0.25, 0.3) is 0 Å². The maximum Gasteiger partial charge on any atom is 0.348 e. The van der Waals surface area contributed by atoms with Crippen molar-refractivity contribution in [3.8, 4) is 17.2 Å². The maximum atomic E-state index is 12.2. The number of rotatable bonds is 4. The molecule has 0 aromatic heterocycles. The number of methoxy groups -OCH3 is 2. The standard InChI is InChI=1S/C16H14O11/c1-25-8(18)4-5(14(21)22)10-9-6(3-7(17)11(19)12(9)20)15(23)27-13(10)16(24)26-2/h3-4,10,13,17,19-20H,1-2H3,(H,21,22)/t10-,13-/m0/s1. The highest BCUT2D eigenvalue weighted by molar-refractivity contribution is 6.03. The molecule has 1 aliphatic heterocycles. The first-order valence-corrected chi connectivity index (χ1v) is 7.23. The molecule has 1 aromatic carbocycles. The van der Waals surface area contributed by atoms with Gasteiger partial charge in [0.15, 0.2) is 11.5 Å². The monoisotopic (exact) mass is 382 g/mol. The molecular weight excluding hydrogens is 368 g/mol. The van der Waals surface area contributed by atoms with E-state index in [1.807, 2.05) is 0 Å². The van der Waals surface area contributed by atoms with Gasteiger partial charge >= 0.3 is 23.9 Å². The number of benzene rings is 1. The van der Waals surface area contributed by atoms with Crippen molar-refractivity contribution < 1.29 is 53.8 Å². The van der Waals surface area contributed by atoms with Crippen LogP contribution in [-0.4, -0.2) is 64.6 Å². The van der Waals surface area contributed by atoms with E-state index in [0.717, 1.165) is 20.3 Å². The molecular formula is C16H14O11. The lowest BCUT2D eigenvalue weighted by Gasteiger charge is -2.32. The highest BCUT2D eigenvalue weighted by Gasteiger charge is 2.47. The van der Waals surface area contributed by atoms with Gasteiger partial charge in [0.1, 0.15) is 0 Å². The number of ether oxygens (including phenoxy) is 3. The molecule has 2 rings (SSSR count).